The maximum absolute atomic E-state index is 13.9. The van der Waals surface area contributed by atoms with Gasteiger partial charge in [-0.3, -0.25) is 4.79 Å². The van der Waals surface area contributed by atoms with Crippen molar-refractivity contribution in [2.45, 2.75) is 25.0 Å². The second-order valence-electron chi connectivity index (χ2n) is 8.67. The summed E-state index contributed by atoms with van der Waals surface area (Å²) < 4.78 is 11.8. The zero-order valence-electron chi connectivity index (χ0n) is 17.4. The predicted octanol–water partition coefficient (Wildman–Crippen LogP) is 3.88. The SMILES string of the molecule is COc1cccc(-c2ncccn2)c1C(=O)N1CC2CC23CC(Oc2ccc(Cl)cn2)C13. The number of carbonyl (C=O) groups excluding carboxylic acids is 1. The van der Waals surface area contributed by atoms with Crippen LogP contribution in [0.15, 0.2) is 55.0 Å². The van der Waals surface area contributed by atoms with E-state index in [1.165, 1.54) is 0 Å². The van der Waals surface area contributed by atoms with Gasteiger partial charge in [0, 0.05) is 42.2 Å². The van der Waals surface area contributed by atoms with Gasteiger partial charge in [-0.05, 0) is 37.0 Å². The van der Waals surface area contributed by atoms with Crippen LogP contribution < -0.4 is 9.47 Å². The number of hydrogen-bond donors (Lipinski definition) is 0. The number of rotatable bonds is 5. The summed E-state index contributed by atoms with van der Waals surface area (Å²) in [6.07, 6.45) is 6.92. The third-order valence-corrected chi connectivity index (χ3v) is 7.28. The highest BCUT2D eigenvalue weighted by Gasteiger charge is 2.76. The number of nitrogens with zero attached hydrogens (tertiary/aromatic N) is 4. The summed E-state index contributed by atoms with van der Waals surface area (Å²) in [6.45, 7) is 0.727. The van der Waals surface area contributed by atoms with Gasteiger partial charge in [-0.1, -0.05) is 23.7 Å². The van der Waals surface area contributed by atoms with E-state index in [0.717, 1.165) is 19.4 Å². The second kappa shape index (κ2) is 7.17. The van der Waals surface area contributed by atoms with Gasteiger partial charge in [-0.25, -0.2) is 15.0 Å². The minimum Gasteiger partial charge on any atom is -0.496 e. The van der Waals surface area contributed by atoms with Crippen molar-refractivity contribution < 1.29 is 14.3 Å². The molecule has 4 unspecified atom stereocenters. The third-order valence-electron chi connectivity index (χ3n) is 7.05. The molecule has 3 heterocycles. The number of hydrogen-bond acceptors (Lipinski definition) is 6. The van der Waals surface area contributed by atoms with Crippen LogP contribution in [0, 0.1) is 11.3 Å². The van der Waals surface area contributed by atoms with Crippen LogP contribution in [0.3, 0.4) is 0 Å². The van der Waals surface area contributed by atoms with Gasteiger partial charge in [0.15, 0.2) is 5.82 Å². The molecule has 162 valence electrons. The highest BCUT2D eigenvalue weighted by Crippen LogP contribution is 2.71. The molecule has 3 aromatic rings. The molecule has 1 spiro atoms. The van der Waals surface area contributed by atoms with Gasteiger partial charge in [-0.2, -0.15) is 0 Å². The van der Waals surface area contributed by atoms with Crippen LogP contribution in [0.1, 0.15) is 23.2 Å². The van der Waals surface area contributed by atoms with E-state index in [2.05, 4.69) is 15.0 Å². The normalized spacial score (nSPS) is 27.2. The van der Waals surface area contributed by atoms with E-state index in [9.17, 15) is 4.79 Å². The Bertz CT molecular complexity index is 1190. The van der Waals surface area contributed by atoms with Crippen LogP contribution in [-0.2, 0) is 0 Å². The molecule has 3 fully saturated rings. The van der Waals surface area contributed by atoms with E-state index in [1.54, 1.807) is 50.0 Å². The van der Waals surface area contributed by atoms with Gasteiger partial charge in [0.2, 0.25) is 5.88 Å². The molecule has 7 nitrogen and oxygen atoms in total. The van der Waals surface area contributed by atoms with Crippen molar-refractivity contribution in [3.63, 3.8) is 0 Å². The molecule has 2 aliphatic carbocycles. The molecule has 1 amide bonds. The molecule has 1 aromatic carbocycles. The van der Waals surface area contributed by atoms with E-state index < -0.39 is 0 Å². The Morgan fingerprint density at radius 3 is 2.72 bits per heavy atom. The first-order valence-electron chi connectivity index (χ1n) is 10.6. The lowest BCUT2D eigenvalue weighted by atomic mass is 9.73. The minimum atomic E-state index is -0.0914. The van der Waals surface area contributed by atoms with Crippen LogP contribution in [0.5, 0.6) is 11.6 Å². The zero-order chi connectivity index (χ0) is 21.9. The van der Waals surface area contributed by atoms with Crippen molar-refractivity contribution >= 4 is 17.5 Å². The number of ether oxygens (including phenoxy) is 2. The van der Waals surface area contributed by atoms with Crippen molar-refractivity contribution in [2.24, 2.45) is 11.3 Å². The highest BCUT2D eigenvalue weighted by molar-refractivity contribution is 6.30. The number of likely N-dealkylation sites (tertiary alicyclic amines) is 1. The summed E-state index contributed by atoms with van der Waals surface area (Å²) in [6, 6.07) is 10.8. The van der Waals surface area contributed by atoms with Crippen molar-refractivity contribution in [2.75, 3.05) is 13.7 Å². The van der Waals surface area contributed by atoms with Gasteiger partial charge in [0.05, 0.1) is 23.7 Å². The topological polar surface area (TPSA) is 77.4 Å². The lowest BCUT2D eigenvalue weighted by Crippen LogP contribution is -2.59. The molecule has 2 saturated carbocycles. The van der Waals surface area contributed by atoms with Gasteiger partial charge in [-0.15, -0.1) is 0 Å². The molecular weight excluding hydrogens is 428 g/mol. The van der Waals surface area contributed by atoms with Crippen LogP contribution in [0.4, 0.5) is 0 Å². The van der Waals surface area contributed by atoms with Crippen molar-refractivity contribution in [1.82, 2.24) is 19.9 Å². The number of halogens is 1. The van der Waals surface area contributed by atoms with E-state index in [4.69, 9.17) is 21.1 Å². The molecule has 0 bridgehead atoms. The molecule has 0 N–H and O–H groups in total. The average Bonchev–Trinajstić information content (AvgIpc) is 3.48. The molecule has 6 rings (SSSR count). The quantitative estimate of drug-likeness (QED) is 0.589. The first kappa shape index (κ1) is 19.5. The number of pyridine rings is 1. The number of amides is 1. The maximum atomic E-state index is 13.9. The Hall–Kier alpha value is -3.19. The molecule has 32 heavy (non-hydrogen) atoms. The zero-order valence-corrected chi connectivity index (χ0v) is 18.2. The molecule has 0 radical (unpaired) electrons. The summed E-state index contributed by atoms with van der Waals surface area (Å²) in [5.74, 6) is 2.01. The first-order chi connectivity index (χ1) is 15.6. The fourth-order valence-electron chi connectivity index (χ4n) is 5.53. The monoisotopic (exact) mass is 448 g/mol. The number of methoxy groups -OCH3 is 1. The Balaban J connectivity index is 1.33. The van der Waals surface area contributed by atoms with Crippen LogP contribution in [-0.4, -0.2) is 51.6 Å². The number of piperidine rings is 1. The Labute approximate surface area is 190 Å². The van der Waals surface area contributed by atoms with Crippen LogP contribution in [0.2, 0.25) is 5.02 Å². The maximum Gasteiger partial charge on any atom is 0.258 e. The molecule has 3 aliphatic rings. The molecule has 2 aromatic heterocycles. The Morgan fingerprint density at radius 1 is 1.12 bits per heavy atom. The van der Waals surface area contributed by atoms with Crippen LogP contribution >= 0.6 is 11.6 Å². The molecule has 4 atom stereocenters. The third kappa shape index (κ3) is 2.88. The van der Waals surface area contributed by atoms with Crippen LogP contribution in [0.25, 0.3) is 11.4 Å². The van der Waals surface area contributed by atoms with Crippen molar-refractivity contribution in [1.29, 1.82) is 0 Å². The second-order valence-corrected chi connectivity index (χ2v) is 9.10. The lowest BCUT2D eigenvalue weighted by molar-refractivity contribution is -0.0345. The predicted molar refractivity (Wildman–Crippen MR) is 118 cm³/mol. The van der Waals surface area contributed by atoms with Crippen molar-refractivity contribution in [3.8, 4) is 23.0 Å². The first-order valence-corrected chi connectivity index (χ1v) is 11.0. The fraction of sp³-hybridized carbons (Fsp3) is 0.333. The number of aromatic nitrogens is 3. The van der Waals surface area contributed by atoms with Gasteiger partial charge < -0.3 is 14.4 Å². The largest absolute Gasteiger partial charge is 0.496 e. The highest BCUT2D eigenvalue weighted by atomic mass is 35.5. The Morgan fingerprint density at radius 2 is 1.97 bits per heavy atom. The molecular formula is C24H21ClN4O3. The lowest BCUT2D eigenvalue weighted by Gasteiger charge is -2.47. The summed E-state index contributed by atoms with van der Waals surface area (Å²) in [7, 11) is 1.58. The summed E-state index contributed by atoms with van der Waals surface area (Å²) in [5, 5.41) is 0.564. The summed E-state index contributed by atoms with van der Waals surface area (Å²) >= 11 is 5.95. The fourth-order valence-corrected chi connectivity index (χ4v) is 5.64. The molecule has 1 saturated heterocycles. The van der Waals surface area contributed by atoms with Crippen molar-refractivity contribution in [3.05, 3.63) is 65.6 Å². The van der Waals surface area contributed by atoms with E-state index in [-0.39, 0.29) is 23.5 Å². The van der Waals surface area contributed by atoms with Gasteiger partial charge in [0.25, 0.3) is 5.91 Å². The smallest absolute Gasteiger partial charge is 0.258 e. The number of benzene rings is 1. The van der Waals surface area contributed by atoms with Gasteiger partial charge in [0.1, 0.15) is 11.9 Å². The van der Waals surface area contributed by atoms with E-state index >= 15 is 0 Å². The average molecular weight is 449 g/mol. The summed E-state index contributed by atoms with van der Waals surface area (Å²) in [5.41, 5.74) is 1.34. The summed E-state index contributed by atoms with van der Waals surface area (Å²) in [4.78, 5) is 28.9. The van der Waals surface area contributed by atoms with E-state index in [1.807, 2.05) is 17.0 Å². The Kier molecular flexibility index (Phi) is 4.37. The van der Waals surface area contributed by atoms with Gasteiger partial charge >= 0.3 is 0 Å². The standard InChI is InChI=1S/C24H21ClN4O3/c1-31-17-5-2-4-16(22-26-8-3-9-27-22)20(17)23(30)29-13-14-10-24(14)11-18(21(24)29)32-19-7-6-15(25)12-28-19/h2-9,12,14,18,21H,10-11,13H2,1H3. The molecule has 8 heteroatoms. The van der Waals surface area contributed by atoms with E-state index in [0.29, 0.717) is 39.5 Å². The number of carbonyl (C=O) groups is 1. The molecule has 1 aliphatic heterocycles. The minimum absolute atomic E-state index is 0.0203.